The highest BCUT2D eigenvalue weighted by atomic mass is 35.5. The second-order valence-corrected chi connectivity index (χ2v) is 10.4. The number of benzene rings is 2. The molecule has 1 aliphatic rings. The number of piperazine rings is 1. The summed E-state index contributed by atoms with van der Waals surface area (Å²) in [5, 5.41) is 1.01. The molecule has 0 bridgehead atoms. The van der Waals surface area contributed by atoms with Crippen LogP contribution in [0.3, 0.4) is 0 Å². The molecule has 0 aromatic heterocycles. The van der Waals surface area contributed by atoms with Gasteiger partial charge in [-0.1, -0.05) is 35.3 Å². The number of carbonyl (C=O) groups excluding carboxylic acids is 1. The molecule has 1 N–H and O–H groups in total. The van der Waals surface area contributed by atoms with Crippen LogP contribution < -0.4 is 4.74 Å². The molecule has 2 aromatic rings. The minimum absolute atomic E-state index is 0.0166. The van der Waals surface area contributed by atoms with E-state index in [2.05, 4.69) is 11.8 Å². The van der Waals surface area contributed by atoms with Gasteiger partial charge in [0.05, 0.1) is 0 Å². The number of hydrogen-bond donors (Lipinski definition) is 1. The Kier molecular flexibility index (Phi) is 8.06. The Morgan fingerprint density at radius 2 is 1.72 bits per heavy atom. The van der Waals surface area contributed by atoms with Gasteiger partial charge in [-0.25, -0.2) is 0 Å². The van der Waals surface area contributed by atoms with Crippen LogP contribution in [0.1, 0.15) is 25.0 Å². The van der Waals surface area contributed by atoms with E-state index in [9.17, 15) is 13.2 Å². The quantitative estimate of drug-likeness (QED) is 0.580. The summed E-state index contributed by atoms with van der Waals surface area (Å²) in [6.45, 7) is 5.86. The smallest absolute Gasteiger partial charge is 0.269 e. The second kappa shape index (κ2) is 10.4. The summed E-state index contributed by atoms with van der Waals surface area (Å²) in [6, 6.07) is 12.3. The molecule has 1 saturated heterocycles. The molecule has 7 nitrogen and oxygen atoms in total. The zero-order chi connectivity index (χ0) is 23.5. The Bertz CT molecular complexity index is 1060. The summed E-state index contributed by atoms with van der Waals surface area (Å²) in [5.74, 6) is -0.640. The Labute approximate surface area is 198 Å². The fourth-order valence-corrected chi connectivity index (χ4v) is 4.75. The van der Waals surface area contributed by atoms with E-state index in [-0.39, 0.29) is 35.9 Å². The Balaban J connectivity index is 1.61. The molecule has 1 amide bonds. The lowest BCUT2D eigenvalue weighted by atomic mass is 10.1. The van der Waals surface area contributed by atoms with Gasteiger partial charge in [-0.3, -0.25) is 14.2 Å². The van der Waals surface area contributed by atoms with Gasteiger partial charge in [-0.2, -0.15) is 8.42 Å². The van der Waals surface area contributed by atoms with Gasteiger partial charge in [0.2, 0.25) is 0 Å². The lowest BCUT2D eigenvalue weighted by Crippen LogP contribution is -2.58. The number of carbonyl (C=O) groups is 1. The maximum absolute atomic E-state index is 12.9. The van der Waals surface area contributed by atoms with Crippen molar-refractivity contribution in [2.45, 2.75) is 38.2 Å². The predicted molar refractivity (Wildman–Crippen MR) is 125 cm³/mol. The molecule has 1 fully saturated rings. The molecule has 2 aromatic carbocycles. The van der Waals surface area contributed by atoms with E-state index in [0.717, 1.165) is 12.1 Å². The zero-order valence-electron chi connectivity index (χ0n) is 17.9. The summed E-state index contributed by atoms with van der Waals surface area (Å²) in [6.07, 6.45) is 0. The van der Waals surface area contributed by atoms with Crippen molar-refractivity contribution in [2.75, 3.05) is 19.7 Å². The maximum Gasteiger partial charge on any atom is 0.269 e. The lowest BCUT2D eigenvalue weighted by Gasteiger charge is -2.44. The highest BCUT2D eigenvalue weighted by molar-refractivity contribution is 7.85. The first-order valence-corrected chi connectivity index (χ1v) is 12.5. The van der Waals surface area contributed by atoms with Gasteiger partial charge in [-0.05, 0) is 49.7 Å². The van der Waals surface area contributed by atoms with Crippen molar-refractivity contribution in [1.82, 2.24) is 9.80 Å². The molecule has 0 radical (unpaired) electrons. The molecule has 0 aliphatic carbocycles. The van der Waals surface area contributed by atoms with E-state index < -0.39 is 15.9 Å². The van der Waals surface area contributed by atoms with Crippen molar-refractivity contribution in [3.8, 4) is 5.75 Å². The van der Waals surface area contributed by atoms with Gasteiger partial charge in [0.25, 0.3) is 16.0 Å². The second-order valence-electron chi connectivity index (χ2n) is 8.07. The highest BCUT2D eigenvalue weighted by Gasteiger charge is 2.32. The van der Waals surface area contributed by atoms with E-state index in [4.69, 9.17) is 32.5 Å². The summed E-state index contributed by atoms with van der Waals surface area (Å²) < 4.78 is 37.3. The summed E-state index contributed by atoms with van der Waals surface area (Å²) in [5.41, 5.74) is 1.35. The van der Waals surface area contributed by atoms with E-state index in [1.165, 1.54) is 18.2 Å². The van der Waals surface area contributed by atoms with Crippen LogP contribution in [-0.4, -0.2) is 60.5 Å². The van der Waals surface area contributed by atoms with Gasteiger partial charge in [0.1, 0.15) is 11.5 Å². The molecular weight excluding hydrogens is 475 g/mol. The van der Waals surface area contributed by atoms with Crippen LogP contribution >= 0.6 is 23.2 Å². The van der Waals surface area contributed by atoms with Crippen molar-refractivity contribution < 1.29 is 22.5 Å². The largest absolute Gasteiger partial charge is 0.483 e. The molecule has 1 heterocycles. The minimum Gasteiger partial charge on any atom is -0.483 e. The van der Waals surface area contributed by atoms with E-state index in [1.54, 1.807) is 4.90 Å². The third-order valence-corrected chi connectivity index (χ3v) is 6.61. The number of ether oxygens (including phenoxy) is 1. The first-order chi connectivity index (χ1) is 15.0. The van der Waals surface area contributed by atoms with Gasteiger partial charge < -0.3 is 9.64 Å². The first-order valence-electron chi connectivity index (χ1n) is 10.2. The van der Waals surface area contributed by atoms with Crippen LogP contribution in [0.15, 0.2) is 42.5 Å². The van der Waals surface area contributed by atoms with Crippen molar-refractivity contribution in [2.24, 2.45) is 0 Å². The maximum atomic E-state index is 12.9. The average Bonchev–Trinajstić information content (AvgIpc) is 2.70. The van der Waals surface area contributed by atoms with Crippen LogP contribution in [0, 0.1) is 0 Å². The Hall–Kier alpha value is -1.84. The zero-order valence-corrected chi connectivity index (χ0v) is 20.2. The average molecular weight is 501 g/mol. The van der Waals surface area contributed by atoms with Crippen LogP contribution in [0.25, 0.3) is 0 Å². The third-order valence-electron chi connectivity index (χ3n) is 5.45. The van der Waals surface area contributed by atoms with Crippen molar-refractivity contribution >= 4 is 39.2 Å². The summed E-state index contributed by atoms with van der Waals surface area (Å²) in [7, 11) is -4.27. The molecule has 2 atom stereocenters. The van der Waals surface area contributed by atoms with Gasteiger partial charge >= 0.3 is 0 Å². The lowest BCUT2D eigenvalue weighted by molar-refractivity contribution is -0.139. The highest BCUT2D eigenvalue weighted by Crippen LogP contribution is 2.25. The Morgan fingerprint density at radius 1 is 1.06 bits per heavy atom. The van der Waals surface area contributed by atoms with E-state index in [0.29, 0.717) is 23.1 Å². The summed E-state index contributed by atoms with van der Waals surface area (Å²) >= 11 is 11.9. The molecule has 1 aliphatic heterocycles. The molecule has 3 rings (SSSR count). The fourth-order valence-electron chi connectivity index (χ4n) is 3.81. The fraction of sp³-hybridized carbons (Fsp3) is 0.409. The normalized spacial score (nSPS) is 19.7. The van der Waals surface area contributed by atoms with Crippen molar-refractivity contribution in [1.29, 1.82) is 0 Å². The summed E-state index contributed by atoms with van der Waals surface area (Å²) in [4.78, 5) is 17.0. The molecule has 32 heavy (non-hydrogen) atoms. The minimum atomic E-state index is -4.27. The number of hydrogen-bond acceptors (Lipinski definition) is 5. The number of nitrogens with zero attached hydrogens (tertiary/aromatic N) is 2. The van der Waals surface area contributed by atoms with Crippen LogP contribution in [0.4, 0.5) is 0 Å². The van der Waals surface area contributed by atoms with Gasteiger partial charge in [-0.15, -0.1) is 0 Å². The molecule has 174 valence electrons. The van der Waals surface area contributed by atoms with Crippen LogP contribution in [-0.2, 0) is 27.2 Å². The van der Waals surface area contributed by atoms with Gasteiger partial charge in [0, 0.05) is 47.3 Å². The molecular formula is C22H26Cl2N2O5S. The monoisotopic (exact) mass is 500 g/mol. The van der Waals surface area contributed by atoms with Gasteiger partial charge in [0.15, 0.2) is 6.61 Å². The van der Waals surface area contributed by atoms with Crippen molar-refractivity contribution in [3.63, 3.8) is 0 Å². The standard InChI is InChI=1S/C22H26Cl2N2O5S/c1-15-11-26(16(2)10-25(15)12-17-3-5-19(23)6-4-17)22(27)13-31-21-8-7-20(24)9-18(21)14-32(28,29)30/h3-9,15-16H,10-14H2,1-2H3,(H,28,29,30)/t15-,16+/m0/s1. The van der Waals surface area contributed by atoms with Crippen molar-refractivity contribution in [3.05, 3.63) is 63.6 Å². The number of amides is 1. The van der Waals surface area contributed by atoms with E-state index >= 15 is 0 Å². The molecule has 0 saturated carbocycles. The SMILES string of the molecule is C[C@@H]1CN(Cc2ccc(Cl)cc2)[C@@H](C)CN1C(=O)COc1ccc(Cl)cc1CS(=O)(=O)O. The topological polar surface area (TPSA) is 87.2 Å². The molecule has 0 unspecified atom stereocenters. The predicted octanol–water partition coefficient (Wildman–Crippen LogP) is 3.88. The molecule has 0 spiro atoms. The number of rotatable bonds is 7. The Morgan fingerprint density at radius 3 is 2.38 bits per heavy atom. The van der Waals surface area contributed by atoms with E-state index in [1.807, 2.05) is 31.2 Å². The first kappa shape index (κ1) is 24.8. The van der Waals surface area contributed by atoms with Crippen LogP contribution in [0.2, 0.25) is 10.0 Å². The number of halogens is 2. The third kappa shape index (κ3) is 6.83. The molecule has 10 heteroatoms. The van der Waals surface area contributed by atoms with Crippen LogP contribution in [0.5, 0.6) is 5.75 Å².